The van der Waals surface area contributed by atoms with Crippen LogP contribution in [0.3, 0.4) is 0 Å². The molecule has 0 saturated heterocycles. The van der Waals surface area contributed by atoms with Gasteiger partial charge in [0.2, 0.25) is 8.32 Å². The van der Waals surface area contributed by atoms with Crippen LogP contribution in [0.25, 0.3) is 0 Å². The summed E-state index contributed by atoms with van der Waals surface area (Å²) in [6.45, 7) is 27.9. The molecule has 3 aliphatic rings. The van der Waals surface area contributed by atoms with Crippen LogP contribution in [0.15, 0.2) is 70.1 Å². The van der Waals surface area contributed by atoms with E-state index < -0.39 is 16.6 Å². The van der Waals surface area contributed by atoms with Crippen molar-refractivity contribution < 1.29 is 8.85 Å². The first-order chi connectivity index (χ1) is 22.0. The topological polar surface area (TPSA) is 18.5 Å². The first-order valence-corrected chi connectivity index (χ1v) is 24.1. The van der Waals surface area contributed by atoms with Crippen molar-refractivity contribution in [3.8, 4) is 0 Å². The Morgan fingerprint density at radius 1 is 0.851 bits per heavy atom. The van der Waals surface area contributed by atoms with E-state index in [-0.39, 0.29) is 10.5 Å². The van der Waals surface area contributed by atoms with Crippen molar-refractivity contribution >= 4 is 58.9 Å². The fourth-order valence-corrected chi connectivity index (χ4v) is 22.0. The zero-order chi connectivity index (χ0) is 34.5. The molecule has 3 fully saturated rings. The second-order valence-electron chi connectivity index (χ2n) is 17.6. The number of hydrogen-bond acceptors (Lipinski definition) is 2. The molecule has 3 saturated carbocycles. The van der Waals surface area contributed by atoms with Crippen LogP contribution < -0.4 is 10.4 Å². The second-order valence-corrected chi connectivity index (χ2v) is 30.1. The Morgan fingerprint density at radius 3 is 1.81 bits per heavy atom. The van der Waals surface area contributed by atoms with E-state index in [1.807, 2.05) is 0 Å². The summed E-state index contributed by atoms with van der Waals surface area (Å²) in [5.74, 6) is 3.40. The van der Waals surface area contributed by atoms with Crippen LogP contribution in [0.1, 0.15) is 95.4 Å². The molecule has 0 heterocycles. The lowest BCUT2D eigenvalue weighted by Crippen LogP contribution is -2.67. The van der Waals surface area contributed by atoms with Crippen LogP contribution in [0, 0.1) is 40.9 Å². The van der Waals surface area contributed by atoms with Crippen molar-refractivity contribution in [1.29, 1.82) is 0 Å². The summed E-state index contributed by atoms with van der Waals surface area (Å²) in [6.07, 6.45) is 6.61. The van der Waals surface area contributed by atoms with Crippen LogP contribution in [0.4, 0.5) is 0 Å². The number of hydrogen-bond donors (Lipinski definition) is 0. The van der Waals surface area contributed by atoms with E-state index in [4.69, 9.17) is 8.85 Å². The molecule has 0 amide bonds. The van der Waals surface area contributed by atoms with Crippen molar-refractivity contribution in [3.63, 3.8) is 0 Å². The molecule has 6 heteroatoms. The van der Waals surface area contributed by atoms with Gasteiger partial charge in [-0.3, -0.25) is 0 Å². The Kier molecular flexibility index (Phi) is 11.4. The molecule has 2 aromatic rings. The number of rotatable bonds is 11. The van der Waals surface area contributed by atoms with Gasteiger partial charge in [-0.1, -0.05) is 143 Å². The van der Waals surface area contributed by atoms with Crippen LogP contribution in [0.5, 0.6) is 0 Å². The molecular formula is C41H62Br2O2Si2. The van der Waals surface area contributed by atoms with Gasteiger partial charge in [0, 0.05) is 12.7 Å². The zero-order valence-corrected chi connectivity index (χ0v) is 36.2. The molecule has 2 aromatic carbocycles. The number of halogens is 2. The van der Waals surface area contributed by atoms with Crippen molar-refractivity contribution in [2.24, 2.45) is 40.9 Å². The van der Waals surface area contributed by atoms with Crippen LogP contribution in [-0.2, 0) is 8.85 Å². The standard InChI is InChI=1S/C41H62Br2O2Si2/c1-27(2)46(28(3)4,29(5)6)45-36-23-22-30(7)38-33(34(24-37(42)43)41(11)25-35(41)39(36)38)26-44-47(40(8,9)10,31-18-14-12-15-19-31)32-20-16-13-17-21-32/h12-21,24,27-30,33-36,38-39H,22-23,25-26H2,1-11H3/t30-,33+,34-,35+,36-,38-,39-,41-/m0/s1. The van der Waals surface area contributed by atoms with Gasteiger partial charge in [0.05, 0.1) is 3.39 Å². The summed E-state index contributed by atoms with van der Waals surface area (Å²) < 4.78 is 16.7. The first-order valence-electron chi connectivity index (χ1n) is 18.5. The maximum Gasteiger partial charge on any atom is 0.261 e. The van der Waals surface area contributed by atoms with Gasteiger partial charge < -0.3 is 8.85 Å². The van der Waals surface area contributed by atoms with E-state index in [1.54, 1.807) is 0 Å². The zero-order valence-electron chi connectivity index (χ0n) is 31.0. The lowest BCUT2D eigenvalue weighted by molar-refractivity contribution is -0.0824. The highest BCUT2D eigenvalue weighted by atomic mass is 79.9. The van der Waals surface area contributed by atoms with Crippen LogP contribution in [-0.4, -0.2) is 29.3 Å². The molecule has 0 radical (unpaired) electrons. The van der Waals surface area contributed by atoms with Crippen molar-refractivity contribution in [3.05, 3.63) is 70.1 Å². The molecule has 0 aliphatic heterocycles. The molecule has 8 atom stereocenters. The van der Waals surface area contributed by atoms with E-state index in [1.165, 1.54) is 29.6 Å². The van der Waals surface area contributed by atoms with E-state index in [2.05, 4.69) is 175 Å². The quantitative estimate of drug-likeness (QED) is 0.211. The van der Waals surface area contributed by atoms with Crippen molar-refractivity contribution in [2.45, 2.75) is 123 Å². The fraction of sp³-hybridized carbons (Fsp3) is 0.659. The maximum absolute atomic E-state index is 7.82. The summed E-state index contributed by atoms with van der Waals surface area (Å²) in [6, 6.07) is 22.4. The van der Waals surface area contributed by atoms with Crippen molar-refractivity contribution in [1.82, 2.24) is 0 Å². The number of fused-ring (bicyclic) bond motifs is 3. The minimum atomic E-state index is -2.68. The Hall–Kier alpha value is -0.506. The maximum atomic E-state index is 7.82. The molecule has 0 N–H and O–H groups in total. The average Bonchev–Trinajstić information content (AvgIpc) is 3.70. The summed E-state index contributed by atoms with van der Waals surface area (Å²) in [5, 5.41) is 2.70. The minimum Gasteiger partial charge on any atom is -0.413 e. The monoisotopic (exact) mass is 800 g/mol. The lowest BCUT2D eigenvalue weighted by Gasteiger charge is -2.56. The third-order valence-corrected chi connectivity index (χ3v) is 24.9. The van der Waals surface area contributed by atoms with Crippen molar-refractivity contribution in [2.75, 3.05) is 6.61 Å². The van der Waals surface area contributed by atoms with Gasteiger partial charge >= 0.3 is 0 Å². The lowest BCUT2D eigenvalue weighted by atomic mass is 9.55. The van der Waals surface area contributed by atoms with E-state index in [9.17, 15) is 0 Å². The van der Waals surface area contributed by atoms with Gasteiger partial charge in [0.25, 0.3) is 8.32 Å². The van der Waals surface area contributed by atoms with E-state index in [0.717, 1.165) is 10.00 Å². The Balaban J connectivity index is 1.61. The highest BCUT2D eigenvalue weighted by molar-refractivity contribution is 9.28. The number of allylic oxidation sites excluding steroid dienone is 1. The smallest absolute Gasteiger partial charge is 0.261 e. The molecule has 5 rings (SSSR count). The molecule has 47 heavy (non-hydrogen) atoms. The summed E-state index contributed by atoms with van der Waals surface area (Å²) in [7, 11) is -4.71. The van der Waals surface area contributed by atoms with Gasteiger partial charge in [-0.2, -0.15) is 0 Å². The van der Waals surface area contributed by atoms with Crippen LogP contribution in [0.2, 0.25) is 21.7 Å². The summed E-state index contributed by atoms with van der Waals surface area (Å²) >= 11 is 7.66. The van der Waals surface area contributed by atoms with E-state index >= 15 is 0 Å². The predicted octanol–water partition coefficient (Wildman–Crippen LogP) is 11.7. The molecule has 2 nitrogen and oxygen atoms in total. The first kappa shape index (κ1) is 37.7. The van der Waals surface area contributed by atoms with Gasteiger partial charge in [-0.15, -0.1) is 0 Å². The Bertz CT molecular complexity index is 1310. The van der Waals surface area contributed by atoms with Gasteiger partial charge in [-0.25, -0.2) is 0 Å². The molecule has 0 aromatic heterocycles. The van der Waals surface area contributed by atoms with Gasteiger partial charge in [-0.05, 0) is 124 Å². The summed E-state index contributed by atoms with van der Waals surface area (Å²) in [5.41, 5.74) is 2.07. The fourth-order valence-electron chi connectivity index (χ4n) is 11.2. The molecule has 0 bridgehead atoms. The average molecular weight is 803 g/mol. The van der Waals surface area contributed by atoms with Gasteiger partial charge in [0.1, 0.15) is 0 Å². The molecule has 0 spiro atoms. The Morgan fingerprint density at radius 2 is 1.36 bits per heavy atom. The largest absolute Gasteiger partial charge is 0.413 e. The molecule has 3 aliphatic carbocycles. The third kappa shape index (κ3) is 6.68. The highest BCUT2D eigenvalue weighted by Gasteiger charge is 2.69. The Labute approximate surface area is 306 Å². The molecule has 0 unspecified atom stereocenters. The minimum absolute atomic E-state index is 0.0437. The van der Waals surface area contributed by atoms with E-state index in [0.29, 0.717) is 58.2 Å². The molecule has 260 valence electrons. The van der Waals surface area contributed by atoms with Gasteiger partial charge in [0.15, 0.2) is 0 Å². The highest BCUT2D eigenvalue weighted by Crippen LogP contribution is 2.72. The second kappa shape index (κ2) is 14.3. The third-order valence-electron chi connectivity index (χ3n) is 13.2. The normalized spacial score (nSPS) is 31.1. The van der Waals surface area contributed by atoms with Crippen LogP contribution >= 0.6 is 31.9 Å². The molecular weight excluding hydrogens is 740 g/mol. The summed E-state index contributed by atoms with van der Waals surface area (Å²) in [4.78, 5) is 0. The SMILES string of the molecule is CC(C)[Si](O[C@H]1CC[C@H](C)[C@H]2[C@H](CO[Si](c3ccccc3)(c3ccccc3)C(C)(C)C)[C@H](C=C(Br)Br)[C@]3(C)C[C@@H]3[C@H]21)(C(C)C)C(C)C. The number of benzene rings is 2. The predicted molar refractivity (Wildman–Crippen MR) is 214 cm³/mol.